The first kappa shape index (κ1) is 14.4. The maximum Gasteiger partial charge on any atom is 0.362 e. The highest BCUT2D eigenvalue weighted by atomic mass is 16.5. The van der Waals surface area contributed by atoms with E-state index in [4.69, 9.17) is 14.2 Å². The van der Waals surface area contributed by atoms with Gasteiger partial charge in [0.05, 0.1) is 27.4 Å². The summed E-state index contributed by atoms with van der Waals surface area (Å²) in [5.41, 5.74) is -0.0922. The number of rotatable bonds is 5. The topological polar surface area (TPSA) is 106 Å². The van der Waals surface area contributed by atoms with Crippen molar-refractivity contribution >= 4 is 5.97 Å². The van der Waals surface area contributed by atoms with Crippen LogP contribution < -0.4 is 14.2 Å². The molecule has 0 aliphatic rings. The highest BCUT2D eigenvalue weighted by molar-refractivity contribution is 5.89. The molecule has 2 heterocycles. The van der Waals surface area contributed by atoms with E-state index in [2.05, 4.69) is 24.7 Å². The summed E-state index contributed by atoms with van der Waals surface area (Å²) in [6.45, 7) is 0. The number of carbonyl (C=O) groups excluding carboxylic acids is 1. The first-order valence-corrected chi connectivity index (χ1v) is 5.72. The minimum atomic E-state index is -0.687. The third-order valence-electron chi connectivity index (χ3n) is 2.31. The Kier molecular flexibility index (Phi) is 4.44. The van der Waals surface area contributed by atoms with Crippen LogP contribution in [-0.2, 0) is 4.74 Å². The van der Waals surface area contributed by atoms with Gasteiger partial charge in [-0.2, -0.15) is 9.97 Å². The lowest BCUT2D eigenvalue weighted by atomic mass is 10.4. The number of nitrogens with zero attached hydrogens (tertiary/aromatic N) is 4. The van der Waals surface area contributed by atoms with Crippen LogP contribution >= 0.6 is 0 Å². The minimum Gasteiger partial charge on any atom is -0.481 e. The molecular weight excluding hydrogens is 280 g/mol. The summed E-state index contributed by atoms with van der Waals surface area (Å²) < 4.78 is 19.9. The Morgan fingerprint density at radius 2 is 1.62 bits per heavy atom. The molecular formula is C12H12N4O5. The van der Waals surface area contributed by atoms with Gasteiger partial charge in [0.15, 0.2) is 0 Å². The summed E-state index contributed by atoms with van der Waals surface area (Å²) >= 11 is 0. The lowest BCUT2D eigenvalue weighted by Crippen LogP contribution is -2.08. The molecule has 0 radical (unpaired) electrons. The minimum absolute atomic E-state index is 0.0837. The highest BCUT2D eigenvalue weighted by Gasteiger charge is 2.18. The highest BCUT2D eigenvalue weighted by Crippen LogP contribution is 2.23. The van der Waals surface area contributed by atoms with E-state index in [9.17, 15) is 4.79 Å². The zero-order valence-corrected chi connectivity index (χ0v) is 11.6. The molecule has 0 spiro atoms. The van der Waals surface area contributed by atoms with Gasteiger partial charge in [-0.3, -0.25) is 0 Å². The summed E-state index contributed by atoms with van der Waals surface area (Å²) in [4.78, 5) is 27.3. The van der Waals surface area contributed by atoms with Crippen LogP contribution in [0.5, 0.6) is 23.7 Å². The standard InChI is InChI=1S/C12H12N4O5/c1-18-7-6-8(19-2)16-12(15-7)21-10-9(11(17)20-3)13-4-5-14-10/h4-6H,1-3H3. The third-order valence-corrected chi connectivity index (χ3v) is 2.31. The molecule has 0 amide bonds. The molecule has 0 atom stereocenters. The third kappa shape index (κ3) is 3.32. The van der Waals surface area contributed by atoms with Gasteiger partial charge in [0.2, 0.25) is 17.5 Å². The Morgan fingerprint density at radius 1 is 1.00 bits per heavy atom. The molecule has 9 nitrogen and oxygen atoms in total. The SMILES string of the molecule is COC(=O)c1nccnc1Oc1nc(OC)cc(OC)n1. The molecule has 110 valence electrons. The molecule has 0 aromatic carbocycles. The van der Waals surface area contributed by atoms with Gasteiger partial charge >= 0.3 is 12.0 Å². The average Bonchev–Trinajstić information content (AvgIpc) is 2.54. The Balaban J connectivity index is 2.36. The molecule has 0 N–H and O–H groups in total. The van der Waals surface area contributed by atoms with Crippen molar-refractivity contribution in [1.29, 1.82) is 0 Å². The maximum atomic E-state index is 11.6. The molecule has 2 rings (SSSR count). The van der Waals surface area contributed by atoms with Crippen LogP contribution in [0.1, 0.15) is 10.5 Å². The number of aromatic nitrogens is 4. The summed E-state index contributed by atoms with van der Waals surface area (Å²) in [6, 6.07) is 1.38. The van der Waals surface area contributed by atoms with E-state index in [1.807, 2.05) is 0 Å². The van der Waals surface area contributed by atoms with Gasteiger partial charge in [-0.15, -0.1) is 0 Å². The Hall–Kier alpha value is -2.97. The van der Waals surface area contributed by atoms with E-state index in [1.54, 1.807) is 0 Å². The number of esters is 1. The molecule has 2 aromatic heterocycles. The van der Waals surface area contributed by atoms with E-state index in [1.165, 1.54) is 39.8 Å². The maximum absolute atomic E-state index is 11.6. The van der Waals surface area contributed by atoms with Gasteiger partial charge in [0.1, 0.15) is 0 Å². The molecule has 2 aromatic rings. The monoisotopic (exact) mass is 292 g/mol. The van der Waals surface area contributed by atoms with Crippen molar-refractivity contribution in [3.63, 3.8) is 0 Å². The normalized spacial score (nSPS) is 9.86. The molecule has 0 saturated heterocycles. The Morgan fingerprint density at radius 3 is 2.19 bits per heavy atom. The van der Waals surface area contributed by atoms with Crippen molar-refractivity contribution in [1.82, 2.24) is 19.9 Å². The van der Waals surface area contributed by atoms with Crippen molar-refractivity contribution in [3.05, 3.63) is 24.2 Å². The number of methoxy groups -OCH3 is 3. The number of hydrogen-bond donors (Lipinski definition) is 0. The quantitative estimate of drug-likeness (QED) is 0.741. The van der Waals surface area contributed by atoms with Crippen molar-refractivity contribution in [2.45, 2.75) is 0 Å². The number of hydrogen-bond acceptors (Lipinski definition) is 9. The first-order valence-electron chi connectivity index (χ1n) is 5.72. The second kappa shape index (κ2) is 6.46. The van der Waals surface area contributed by atoms with E-state index in [0.29, 0.717) is 0 Å². The summed E-state index contributed by atoms with van der Waals surface area (Å²) in [5.74, 6) is -0.298. The van der Waals surface area contributed by atoms with Gasteiger partial charge in [-0.1, -0.05) is 0 Å². The largest absolute Gasteiger partial charge is 0.481 e. The van der Waals surface area contributed by atoms with Gasteiger partial charge in [0, 0.05) is 12.4 Å². The van der Waals surface area contributed by atoms with Crippen LogP contribution in [-0.4, -0.2) is 47.2 Å². The molecule has 0 aliphatic heterocycles. The average molecular weight is 292 g/mol. The fraction of sp³-hybridized carbons (Fsp3) is 0.250. The Labute approximate surface area is 119 Å². The van der Waals surface area contributed by atoms with Crippen LogP contribution in [0.2, 0.25) is 0 Å². The second-order valence-corrected chi connectivity index (χ2v) is 3.54. The molecule has 0 unspecified atom stereocenters. The predicted octanol–water partition coefficient (Wildman–Crippen LogP) is 0.863. The predicted molar refractivity (Wildman–Crippen MR) is 68.6 cm³/mol. The molecule has 0 fully saturated rings. The lowest BCUT2D eigenvalue weighted by molar-refractivity contribution is 0.0589. The van der Waals surface area contributed by atoms with Crippen LogP contribution in [0.15, 0.2) is 18.5 Å². The van der Waals surface area contributed by atoms with Crippen LogP contribution in [0.3, 0.4) is 0 Å². The lowest BCUT2D eigenvalue weighted by Gasteiger charge is -2.08. The van der Waals surface area contributed by atoms with E-state index < -0.39 is 5.97 Å². The summed E-state index contributed by atoms with van der Waals surface area (Å²) in [5, 5.41) is 0. The number of ether oxygens (including phenoxy) is 4. The fourth-order valence-corrected chi connectivity index (χ4v) is 1.36. The van der Waals surface area contributed by atoms with Crippen molar-refractivity contribution < 1.29 is 23.7 Å². The first-order chi connectivity index (χ1) is 10.2. The fourth-order valence-electron chi connectivity index (χ4n) is 1.36. The summed E-state index contributed by atoms with van der Waals surface area (Å²) in [7, 11) is 4.10. The van der Waals surface area contributed by atoms with Gasteiger partial charge < -0.3 is 18.9 Å². The zero-order valence-electron chi connectivity index (χ0n) is 11.6. The summed E-state index contributed by atoms with van der Waals surface area (Å²) in [6.07, 6.45) is 2.70. The van der Waals surface area contributed by atoms with Crippen LogP contribution in [0, 0.1) is 0 Å². The van der Waals surface area contributed by atoms with Gasteiger partial charge in [0.25, 0.3) is 5.88 Å². The molecule has 0 saturated carbocycles. The number of carbonyl (C=O) groups is 1. The molecule has 0 aliphatic carbocycles. The van der Waals surface area contributed by atoms with Crippen molar-refractivity contribution in [3.8, 4) is 23.7 Å². The molecule has 21 heavy (non-hydrogen) atoms. The Bertz CT molecular complexity index is 627. The second-order valence-electron chi connectivity index (χ2n) is 3.54. The van der Waals surface area contributed by atoms with Crippen molar-refractivity contribution in [2.24, 2.45) is 0 Å². The van der Waals surface area contributed by atoms with Gasteiger partial charge in [-0.05, 0) is 0 Å². The van der Waals surface area contributed by atoms with E-state index in [0.717, 1.165) is 0 Å². The molecule has 9 heteroatoms. The van der Waals surface area contributed by atoms with Gasteiger partial charge in [-0.25, -0.2) is 14.8 Å². The van der Waals surface area contributed by atoms with E-state index in [-0.39, 0.29) is 29.3 Å². The molecule has 0 bridgehead atoms. The van der Waals surface area contributed by atoms with Crippen molar-refractivity contribution in [2.75, 3.05) is 21.3 Å². The van der Waals surface area contributed by atoms with Crippen LogP contribution in [0.25, 0.3) is 0 Å². The van der Waals surface area contributed by atoms with E-state index >= 15 is 0 Å². The smallest absolute Gasteiger partial charge is 0.362 e. The zero-order chi connectivity index (χ0) is 15.2. The van der Waals surface area contributed by atoms with Crippen LogP contribution in [0.4, 0.5) is 0 Å².